The number of hydrogen-bond donors (Lipinski definition) is 2. The number of carbonyl (C=O) groups is 2. The van der Waals surface area contributed by atoms with Gasteiger partial charge in [-0.2, -0.15) is 0 Å². The zero-order valence-corrected chi connectivity index (χ0v) is 15.4. The highest BCUT2D eigenvalue weighted by atomic mass is 16.2. The summed E-state index contributed by atoms with van der Waals surface area (Å²) in [6, 6.07) is 11.3. The first-order chi connectivity index (χ1) is 12.4. The summed E-state index contributed by atoms with van der Waals surface area (Å²) in [5.74, 6) is 0.0588. The predicted octanol–water partition coefficient (Wildman–Crippen LogP) is 2.93. The Morgan fingerprint density at radius 2 is 1.96 bits per heavy atom. The van der Waals surface area contributed by atoms with Crippen molar-refractivity contribution in [3.8, 4) is 0 Å². The number of carbonyl (C=O) groups excluding carboxylic acids is 2. The van der Waals surface area contributed by atoms with Crippen LogP contribution in [0.3, 0.4) is 0 Å². The molecule has 3 amide bonds. The van der Waals surface area contributed by atoms with Crippen LogP contribution in [0, 0.1) is 20.8 Å². The van der Waals surface area contributed by atoms with E-state index in [2.05, 4.69) is 15.6 Å². The summed E-state index contributed by atoms with van der Waals surface area (Å²) in [5.41, 5.74) is 4.48. The van der Waals surface area contributed by atoms with Crippen LogP contribution in [-0.2, 0) is 11.3 Å². The molecule has 1 aromatic heterocycles. The molecule has 136 valence electrons. The summed E-state index contributed by atoms with van der Waals surface area (Å²) in [7, 11) is 0. The minimum absolute atomic E-state index is 0.0588. The second-order valence-electron chi connectivity index (χ2n) is 6.80. The summed E-state index contributed by atoms with van der Waals surface area (Å²) in [5, 5.41) is 5.77. The van der Waals surface area contributed by atoms with Crippen molar-refractivity contribution in [2.45, 2.75) is 39.8 Å². The number of pyridine rings is 1. The van der Waals surface area contributed by atoms with Gasteiger partial charge in [0.1, 0.15) is 0 Å². The maximum atomic E-state index is 12.3. The molecule has 6 heteroatoms. The van der Waals surface area contributed by atoms with E-state index in [9.17, 15) is 9.59 Å². The smallest absolute Gasteiger partial charge is 0.319 e. The number of hydrogen-bond acceptors (Lipinski definition) is 3. The van der Waals surface area contributed by atoms with Gasteiger partial charge in [-0.15, -0.1) is 0 Å². The monoisotopic (exact) mass is 352 g/mol. The third kappa shape index (κ3) is 4.20. The van der Waals surface area contributed by atoms with E-state index in [4.69, 9.17) is 0 Å². The third-order valence-corrected chi connectivity index (χ3v) is 4.53. The summed E-state index contributed by atoms with van der Waals surface area (Å²) in [6.07, 6.45) is 0.324. The molecule has 1 saturated heterocycles. The van der Waals surface area contributed by atoms with Crippen LogP contribution in [0.15, 0.2) is 36.4 Å². The molecule has 0 radical (unpaired) electrons. The fourth-order valence-electron chi connectivity index (χ4n) is 3.37. The predicted molar refractivity (Wildman–Crippen MR) is 101 cm³/mol. The van der Waals surface area contributed by atoms with Crippen LogP contribution in [0.2, 0.25) is 0 Å². The highest BCUT2D eigenvalue weighted by Gasteiger charge is 2.30. The lowest BCUT2D eigenvalue weighted by atomic mass is 10.1. The van der Waals surface area contributed by atoms with Gasteiger partial charge in [0.2, 0.25) is 5.91 Å². The molecular weight excluding hydrogens is 328 g/mol. The van der Waals surface area contributed by atoms with Gasteiger partial charge in [0, 0.05) is 25.2 Å². The summed E-state index contributed by atoms with van der Waals surface area (Å²) in [4.78, 5) is 30.7. The van der Waals surface area contributed by atoms with Gasteiger partial charge in [-0.1, -0.05) is 30.3 Å². The maximum Gasteiger partial charge on any atom is 0.319 e. The Morgan fingerprint density at radius 3 is 2.65 bits per heavy atom. The number of aromatic nitrogens is 1. The van der Waals surface area contributed by atoms with E-state index in [0.717, 1.165) is 28.2 Å². The summed E-state index contributed by atoms with van der Waals surface area (Å²) in [6.45, 7) is 6.83. The minimum atomic E-state index is -0.304. The standard InChI is InChI=1S/C20H24N4O2/c1-13-9-14(2)21-15(3)19(13)23-20(26)22-17-10-18(25)24(12-17)11-16-7-5-4-6-8-16/h4-9,17H,10-12H2,1-3H3,(H2,22,23,26). The largest absolute Gasteiger partial charge is 0.336 e. The van der Waals surface area contributed by atoms with E-state index < -0.39 is 0 Å². The first-order valence-electron chi connectivity index (χ1n) is 8.76. The number of amides is 3. The second kappa shape index (κ2) is 7.56. The average Bonchev–Trinajstić information content (AvgIpc) is 2.91. The first-order valence-corrected chi connectivity index (χ1v) is 8.76. The molecule has 1 atom stereocenters. The molecule has 1 unspecified atom stereocenters. The van der Waals surface area contributed by atoms with Crippen molar-refractivity contribution in [1.29, 1.82) is 0 Å². The quantitative estimate of drug-likeness (QED) is 0.888. The molecule has 3 rings (SSSR count). The number of rotatable bonds is 4. The van der Waals surface area contributed by atoms with Crippen LogP contribution in [0.5, 0.6) is 0 Å². The molecule has 0 bridgehead atoms. The van der Waals surface area contributed by atoms with Crippen LogP contribution in [0.25, 0.3) is 0 Å². The summed E-state index contributed by atoms with van der Waals surface area (Å²) < 4.78 is 0. The van der Waals surface area contributed by atoms with Gasteiger partial charge >= 0.3 is 6.03 Å². The van der Waals surface area contributed by atoms with Gasteiger partial charge in [0.05, 0.1) is 17.4 Å². The van der Waals surface area contributed by atoms with Gasteiger partial charge in [0.25, 0.3) is 0 Å². The van der Waals surface area contributed by atoms with E-state index >= 15 is 0 Å². The van der Waals surface area contributed by atoms with E-state index in [1.54, 1.807) is 4.90 Å². The van der Waals surface area contributed by atoms with Crippen molar-refractivity contribution < 1.29 is 9.59 Å². The van der Waals surface area contributed by atoms with E-state index in [0.29, 0.717) is 19.5 Å². The normalized spacial score (nSPS) is 16.7. The van der Waals surface area contributed by atoms with Crippen LogP contribution >= 0.6 is 0 Å². The Hall–Kier alpha value is -2.89. The second-order valence-corrected chi connectivity index (χ2v) is 6.80. The van der Waals surface area contributed by atoms with Gasteiger partial charge in [-0.25, -0.2) is 4.79 Å². The highest BCUT2D eigenvalue weighted by Crippen LogP contribution is 2.20. The molecule has 1 fully saturated rings. The Morgan fingerprint density at radius 1 is 1.23 bits per heavy atom. The molecule has 0 saturated carbocycles. The molecule has 1 aliphatic heterocycles. The molecule has 2 N–H and O–H groups in total. The Labute approximate surface area is 153 Å². The lowest BCUT2D eigenvalue weighted by Gasteiger charge is -2.18. The van der Waals surface area contributed by atoms with Gasteiger partial charge in [0.15, 0.2) is 0 Å². The number of nitrogens with zero attached hydrogens (tertiary/aromatic N) is 2. The van der Waals surface area contributed by atoms with Crippen LogP contribution in [-0.4, -0.2) is 34.4 Å². The molecule has 2 heterocycles. The van der Waals surface area contributed by atoms with E-state index in [1.165, 1.54) is 0 Å². The SMILES string of the molecule is Cc1cc(C)c(NC(=O)NC2CC(=O)N(Cc3ccccc3)C2)c(C)n1. The summed E-state index contributed by atoms with van der Waals surface area (Å²) >= 11 is 0. The van der Waals surface area contributed by atoms with Crippen molar-refractivity contribution in [2.75, 3.05) is 11.9 Å². The minimum Gasteiger partial charge on any atom is -0.336 e. The molecule has 2 aromatic rings. The van der Waals surface area contributed by atoms with Gasteiger partial charge < -0.3 is 15.5 Å². The van der Waals surface area contributed by atoms with Crippen molar-refractivity contribution >= 4 is 17.6 Å². The molecule has 1 aromatic carbocycles. The molecular formula is C20H24N4O2. The number of nitrogens with one attached hydrogen (secondary N) is 2. The van der Waals surface area contributed by atoms with Crippen LogP contribution < -0.4 is 10.6 Å². The maximum absolute atomic E-state index is 12.3. The average molecular weight is 352 g/mol. The number of anilines is 1. The topological polar surface area (TPSA) is 74.3 Å². The van der Waals surface area contributed by atoms with Gasteiger partial charge in [-0.3, -0.25) is 9.78 Å². The zero-order valence-electron chi connectivity index (χ0n) is 15.4. The Bertz CT molecular complexity index is 797. The molecule has 26 heavy (non-hydrogen) atoms. The third-order valence-electron chi connectivity index (χ3n) is 4.53. The number of urea groups is 1. The Kier molecular flexibility index (Phi) is 5.21. The molecule has 0 spiro atoms. The van der Waals surface area contributed by atoms with Crippen molar-refractivity contribution in [3.63, 3.8) is 0 Å². The lowest BCUT2D eigenvalue weighted by Crippen LogP contribution is -2.39. The molecule has 1 aliphatic rings. The zero-order chi connectivity index (χ0) is 18.7. The van der Waals surface area contributed by atoms with E-state index in [-0.39, 0.29) is 18.0 Å². The van der Waals surface area contributed by atoms with Crippen molar-refractivity contribution in [2.24, 2.45) is 0 Å². The van der Waals surface area contributed by atoms with Crippen molar-refractivity contribution in [1.82, 2.24) is 15.2 Å². The highest BCUT2D eigenvalue weighted by molar-refractivity contribution is 5.91. The first kappa shape index (κ1) is 17.9. The fourth-order valence-corrected chi connectivity index (χ4v) is 3.37. The van der Waals surface area contributed by atoms with Gasteiger partial charge in [-0.05, 0) is 38.0 Å². The number of benzene rings is 1. The fraction of sp³-hybridized carbons (Fsp3) is 0.350. The lowest BCUT2D eigenvalue weighted by molar-refractivity contribution is -0.128. The Balaban J connectivity index is 1.58. The van der Waals surface area contributed by atoms with Crippen molar-refractivity contribution in [3.05, 3.63) is 58.9 Å². The van der Waals surface area contributed by atoms with Crippen LogP contribution in [0.4, 0.5) is 10.5 Å². The van der Waals surface area contributed by atoms with E-state index in [1.807, 2.05) is 57.2 Å². The molecule has 6 nitrogen and oxygen atoms in total. The number of likely N-dealkylation sites (tertiary alicyclic amines) is 1. The number of aryl methyl sites for hydroxylation is 3. The van der Waals surface area contributed by atoms with Crippen LogP contribution in [0.1, 0.15) is 28.9 Å². The molecule has 0 aliphatic carbocycles.